The number of hydrogen-bond acceptors (Lipinski definition) is 9. The van der Waals surface area contributed by atoms with Crippen molar-refractivity contribution in [3.05, 3.63) is 36.4 Å². The van der Waals surface area contributed by atoms with Crippen molar-refractivity contribution in [1.29, 1.82) is 0 Å². The van der Waals surface area contributed by atoms with Crippen LogP contribution >= 0.6 is 0 Å². The van der Waals surface area contributed by atoms with Crippen LogP contribution in [0.25, 0.3) is 0 Å². The van der Waals surface area contributed by atoms with Gasteiger partial charge in [0, 0.05) is 82.3 Å². The predicted molar refractivity (Wildman–Crippen MR) is 146 cm³/mol. The molecule has 1 aromatic heterocycles. The van der Waals surface area contributed by atoms with Crippen LogP contribution in [-0.2, 0) is 33.1 Å². The third kappa shape index (κ3) is 5.32. The Bertz CT molecular complexity index is 1330. The van der Waals surface area contributed by atoms with E-state index in [1.165, 1.54) is 0 Å². The van der Waals surface area contributed by atoms with Crippen LogP contribution in [0.1, 0.15) is 31.5 Å². The van der Waals surface area contributed by atoms with Crippen LogP contribution in [0.5, 0.6) is 5.75 Å². The monoisotopic (exact) mass is 574 g/mol. The Balaban J connectivity index is 1.29. The second kappa shape index (κ2) is 10.9. The van der Waals surface area contributed by atoms with Gasteiger partial charge in [-0.25, -0.2) is 13.4 Å². The minimum atomic E-state index is -4.11. The summed E-state index contributed by atoms with van der Waals surface area (Å²) in [5, 5.41) is 13.7. The number of aliphatic hydroxyl groups excluding tert-OH is 1. The number of carbonyl (C=O) groups is 1. The highest BCUT2D eigenvalue weighted by Gasteiger charge is 2.47. The number of amides is 1. The number of aliphatic hydroxyl groups is 1. The molecule has 1 amide bonds. The minimum Gasteiger partial charge on any atom is -0.492 e. The maximum absolute atomic E-state index is 13.9. The summed E-state index contributed by atoms with van der Waals surface area (Å²) in [6.07, 6.45) is 4.83. The number of carbonyl (C=O) groups excluding carboxylic acids is 1. The molecule has 0 bridgehead atoms. The lowest BCUT2D eigenvalue weighted by Crippen LogP contribution is -2.59. The van der Waals surface area contributed by atoms with E-state index in [0.29, 0.717) is 45.6 Å². The number of morpholine rings is 1. The molecule has 2 aromatic rings. The summed E-state index contributed by atoms with van der Waals surface area (Å²) < 4.78 is 42.7. The average molecular weight is 575 g/mol. The van der Waals surface area contributed by atoms with Crippen molar-refractivity contribution < 1.29 is 27.8 Å². The number of anilines is 1. The van der Waals surface area contributed by atoms with Gasteiger partial charge in [-0.15, -0.1) is 0 Å². The highest BCUT2D eigenvalue weighted by atomic mass is 32.2. The lowest BCUT2D eigenvalue weighted by atomic mass is 9.84. The molecule has 1 aromatic carbocycles. The number of nitrogens with one attached hydrogen (secondary N) is 1. The fraction of sp³-hybridized carbons (Fsp3) is 0.630. The van der Waals surface area contributed by atoms with Crippen LogP contribution in [-0.4, -0.2) is 108 Å². The summed E-state index contributed by atoms with van der Waals surface area (Å²) in [5.74, 6) is 0.908. The Morgan fingerprint density at radius 2 is 1.90 bits per heavy atom. The van der Waals surface area contributed by atoms with Crippen molar-refractivity contribution >= 4 is 21.6 Å². The van der Waals surface area contributed by atoms with E-state index in [1.54, 1.807) is 24.4 Å². The van der Waals surface area contributed by atoms with E-state index in [9.17, 15) is 18.3 Å². The van der Waals surface area contributed by atoms with Crippen molar-refractivity contribution in [2.45, 2.75) is 54.8 Å². The van der Waals surface area contributed by atoms with Crippen molar-refractivity contribution in [3.8, 4) is 5.75 Å². The molecule has 0 unspecified atom stereocenters. The smallest absolute Gasteiger partial charge is 0.247 e. The van der Waals surface area contributed by atoms with Crippen LogP contribution in [0.4, 0.5) is 5.69 Å². The molecule has 3 saturated heterocycles. The van der Waals surface area contributed by atoms with Gasteiger partial charge < -0.3 is 29.4 Å². The van der Waals surface area contributed by atoms with E-state index in [1.807, 2.05) is 17.8 Å². The number of sulfonamides is 1. The third-order valence-electron chi connectivity index (χ3n) is 8.75. The molecular formula is C27H38N6O6S. The number of imidazole rings is 1. The topological polar surface area (TPSA) is 129 Å². The number of ether oxygens (including phenoxy) is 2. The zero-order valence-electron chi connectivity index (χ0n) is 22.9. The molecule has 3 fully saturated rings. The van der Waals surface area contributed by atoms with Crippen LogP contribution in [0, 0.1) is 0 Å². The molecule has 1 spiro atoms. The Kier molecular flexibility index (Phi) is 7.51. The zero-order valence-corrected chi connectivity index (χ0v) is 23.7. The molecule has 12 nitrogen and oxygen atoms in total. The lowest BCUT2D eigenvalue weighted by Gasteiger charge is -2.43. The molecule has 2 N–H and O–H groups in total. The molecule has 0 saturated carbocycles. The summed E-state index contributed by atoms with van der Waals surface area (Å²) in [4.78, 5) is 22.6. The number of fused-ring (bicyclic) bond motifs is 2. The van der Waals surface area contributed by atoms with Crippen molar-refractivity contribution in [2.75, 3.05) is 57.4 Å². The van der Waals surface area contributed by atoms with Gasteiger partial charge >= 0.3 is 0 Å². The lowest BCUT2D eigenvalue weighted by molar-refractivity contribution is -0.127. The number of hydrogen-bond donors (Lipinski definition) is 2. The van der Waals surface area contributed by atoms with Crippen LogP contribution in [0.2, 0.25) is 0 Å². The van der Waals surface area contributed by atoms with Crippen molar-refractivity contribution in [3.63, 3.8) is 0 Å². The molecule has 0 radical (unpaired) electrons. The van der Waals surface area contributed by atoms with Gasteiger partial charge in [0.25, 0.3) is 0 Å². The fourth-order valence-electron chi connectivity index (χ4n) is 6.28. The highest BCUT2D eigenvalue weighted by Crippen LogP contribution is 2.37. The van der Waals surface area contributed by atoms with E-state index in [0.717, 1.165) is 35.5 Å². The average Bonchev–Trinajstić information content (AvgIpc) is 3.55. The molecule has 5 heterocycles. The molecule has 218 valence electrons. The first-order chi connectivity index (χ1) is 19.2. The van der Waals surface area contributed by atoms with Gasteiger partial charge in [-0.3, -0.25) is 9.69 Å². The van der Waals surface area contributed by atoms with Crippen molar-refractivity contribution in [1.82, 2.24) is 24.1 Å². The summed E-state index contributed by atoms with van der Waals surface area (Å²) >= 11 is 0. The van der Waals surface area contributed by atoms with Crippen LogP contribution in [0.15, 0.2) is 35.5 Å². The van der Waals surface area contributed by atoms with Gasteiger partial charge in [-0.2, -0.15) is 4.31 Å². The molecule has 4 aliphatic heterocycles. The predicted octanol–water partition coefficient (Wildman–Crippen LogP) is 0.314. The summed E-state index contributed by atoms with van der Waals surface area (Å²) in [5.41, 5.74) is 0.335. The largest absolute Gasteiger partial charge is 0.492 e. The van der Waals surface area contributed by atoms with E-state index < -0.39 is 27.7 Å². The molecule has 6 rings (SSSR count). The van der Waals surface area contributed by atoms with Crippen molar-refractivity contribution in [2.24, 2.45) is 7.05 Å². The Morgan fingerprint density at radius 3 is 2.62 bits per heavy atom. The zero-order chi connectivity index (χ0) is 27.9. The first-order valence-corrected chi connectivity index (χ1v) is 15.5. The summed E-state index contributed by atoms with van der Waals surface area (Å²) in [7, 11) is -2.13. The van der Waals surface area contributed by atoms with E-state index >= 15 is 0 Å². The summed E-state index contributed by atoms with van der Waals surface area (Å²) in [6.45, 7) is 5.03. The number of piperidine rings is 1. The Hall–Kier alpha value is -2.71. The van der Waals surface area contributed by atoms with E-state index in [2.05, 4.69) is 20.1 Å². The molecule has 40 heavy (non-hydrogen) atoms. The van der Waals surface area contributed by atoms with Gasteiger partial charge in [0.1, 0.15) is 22.5 Å². The van der Waals surface area contributed by atoms with Crippen LogP contribution < -0.4 is 15.0 Å². The van der Waals surface area contributed by atoms with Gasteiger partial charge in [-0.1, -0.05) is 0 Å². The molecule has 13 heteroatoms. The summed E-state index contributed by atoms with van der Waals surface area (Å²) in [6, 6.07) is 4.16. The second-order valence-corrected chi connectivity index (χ2v) is 13.2. The molecule has 4 aliphatic rings. The number of likely N-dealkylation sites (tertiary alicyclic amines) is 1. The Labute approximate surface area is 234 Å². The molecule has 2 atom stereocenters. The number of aryl methyl sites for hydroxylation is 1. The van der Waals surface area contributed by atoms with Gasteiger partial charge in [0.2, 0.25) is 15.9 Å². The van der Waals surface area contributed by atoms with Gasteiger partial charge in [0.15, 0.2) is 0 Å². The first kappa shape index (κ1) is 27.5. The maximum Gasteiger partial charge on any atom is 0.247 e. The van der Waals surface area contributed by atoms with E-state index in [4.69, 9.17) is 9.47 Å². The first-order valence-electron chi connectivity index (χ1n) is 14.0. The fourth-order valence-corrected chi connectivity index (χ4v) is 8.03. The minimum absolute atomic E-state index is 0.0252. The quantitative estimate of drug-likeness (QED) is 0.532. The van der Waals surface area contributed by atoms with Gasteiger partial charge in [-0.05, 0) is 25.0 Å². The van der Waals surface area contributed by atoms with Crippen LogP contribution in [0.3, 0.4) is 0 Å². The number of benzene rings is 1. The number of rotatable bonds is 3. The standard InChI is InChI=1S/C27H38N6O6S/c1-30-10-7-28-25(30)19-31-8-4-27(5-9-31)6-13-39-23-16-20(32-11-14-38-15-12-32)2-3-24(23)40(36,37)33-18-21(34)17-22(33)26(35)29-27/h2-3,7,10,16,21-22,34H,4-6,8-9,11-15,17-19H2,1H3,(H,29,35)/t21-,22+/m1/s1. The molecular weight excluding hydrogens is 536 g/mol. The number of aromatic nitrogens is 2. The van der Waals surface area contributed by atoms with Gasteiger partial charge in [0.05, 0.1) is 32.5 Å². The SMILES string of the molecule is Cn1ccnc1CN1CCC2(CCOc3cc(N4CCOCC4)ccc3S(=O)(=O)N3C[C@H](O)C[C@H]3C(=O)N2)CC1. The second-order valence-electron chi connectivity index (χ2n) is 11.3. The number of nitrogens with zero attached hydrogens (tertiary/aromatic N) is 5. The Morgan fingerprint density at radius 1 is 1.12 bits per heavy atom. The van der Waals surface area contributed by atoms with E-state index in [-0.39, 0.29) is 36.1 Å². The molecule has 0 aliphatic carbocycles. The highest BCUT2D eigenvalue weighted by molar-refractivity contribution is 7.89. The maximum atomic E-state index is 13.9. The normalized spacial score (nSPS) is 27.4. The third-order valence-corrected chi connectivity index (χ3v) is 10.7.